The highest BCUT2D eigenvalue weighted by Crippen LogP contribution is 2.37. The van der Waals surface area contributed by atoms with Gasteiger partial charge in [0.25, 0.3) is 5.89 Å². The van der Waals surface area contributed by atoms with E-state index >= 15 is 0 Å². The molecule has 1 saturated heterocycles. The van der Waals surface area contributed by atoms with Crippen molar-refractivity contribution in [1.29, 1.82) is 0 Å². The number of hydrogen-bond donors (Lipinski definition) is 1. The highest BCUT2D eigenvalue weighted by Gasteiger charge is 2.39. The Morgan fingerprint density at radius 3 is 3.00 bits per heavy atom. The molecule has 0 amide bonds. The lowest BCUT2D eigenvalue weighted by molar-refractivity contribution is 0.0307. The molecule has 1 aromatic carbocycles. The standard InChI is InChI=1S/C13H14N2O3S/c1-17-10-5-3-2-4-9(10)11-14-12(18-15-11)13(16)6-7-19-8-13/h2-5,16H,6-8H2,1H3. The van der Waals surface area contributed by atoms with Crippen molar-refractivity contribution in [1.82, 2.24) is 10.1 Å². The number of methoxy groups -OCH3 is 1. The summed E-state index contributed by atoms with van der Waals surface area (Å²) < 4.78 is 10.5. The van der Waals surface area contributed by atoms with Gasteiger partial charge in [-0.2, -0.15) is 16.7 Å². The Morgan fingerprint density at radius 2 is 2.26 bits per heavy atom. The Morgan fingerprint density at radius 1 is 1.42 bits per heavy atom. The normalized spacial score (nSPS) is 22.6. The Bertz CT molecular complexity index is 579. The van der Waals surface area contributed by atoms with E-state index in [0.29, 0.717) is 29.6 Å². The number of ether oxygens (including phenoxy) is 1. The lowest BCUT2D eigenvalue weighted by Gasteiger charge is -2.14. The van der Waals surface area contributed by atoms with Gasteiger partial charge in [-0.1, -0.05) is 17.3 Å². The van der Waals surface area contributed by atoms with Crippen molar-refractivity contribution in [3.8, 4) is 17.1 Å². The van der Waals surface area contributed by atoms with Gasteiger partial charge in [0.15, 0.2) is 5.60 Å². The Hall–Kier alpha value is -1.53. The molecule has 1 aliphatic heterocycles. The smallest absolute Gasteiger partial charge is 0.259 e. The van der Waals surface area contributed by atoms with Crippen LogP contribution in [0.1, 0.15) is 12.3 Å². The fourth-order valence-electron chi connectivity index (χ4n) is 2.07. The molecule has 3 rings (SSSR count). The van der Waals surface area contributed by atoms with Crippen molar-refractivity contribution in [2.45, 2.75) is 12.0 Å². The van der Waals surface area contributed by atoms with Gasteiger partial charge in [0.1, 0.15) is 5.75 Å². The molecule has 5 nitrogen and oxygen atoms in total. The Kier molecular flexibility index (Phi) is 3.20. The second kappa shape index (κ2) is 4.86. The third-order valence-corrected chi connectivity index (χ3v) is 4.35. The lowest BCUT2D eigenvalue weighted by Crippen LogP contribution is -2.25. The zero-order chi connectivity index (χ0) is 13.3. The van der Waals surface area contributed by atoms with Crippen LogP contribution >= 0.6 is 11.8 Å². The van der Waals surface area contributed by atoms with E-state index in [2.05, 4.69) is 10.1 Å². The number of benzene rings is 1. The topological polar surface area (TPSA) is 68.4 Å². The second-order valence-corrected chi connectivity index (χ2v) is 5.56. The van der Waals surface area contributed by atoms with Crippen LogP contribution in [0, 0.1) is 0 Å². The molecule has 19 heavy (non-hydrogen) atoms. The summed E-state index contributed by atoms with van der Waals surface area (Å²) in [6.07, 6.45) is 0.644. The molecule has 0 bridgehead atoms. The maximum absolute atomic E-state index is 10.4. The van der Waals surface area contributed by atoms with Gasteiger partial charge in [-0.25, -0.2) is 0 Å². The van der Waals surface area contributed by atoms with Crippen LogP contribution < -0.4 is 4.74 Å². The summed E-state index contributed by atoms with van der Waals surface area (Å²) in [4.78, 5) is 4.32. The first-order valence-corrected chi connectivity index (χ1v) is 7.16. The van der Waals surface area contributed by atoms with Crippen LogP contribution in [-0.4, -0.2) is 33.9 Å². The number of aromatic nitrogens is 2. The van der Waals surface area contributed by atoms with Crippen molar-refractivity contribution in [2.24, 2.45) is 0 Å². The predicted octanol–water partition coefficient (Wildman–Crippen LogP) is 2.07. The van der Waals surface area contributed by atoms with Crippen LogP contribution in [0.25, 0.3) is 11.4 Å². The number of rotatable bonds is 3. The van der Waals surface area contributed by atoms with E-state index in [4.69, 9.17) is 9.26 Å². The first-order valence-electron chi connectivity index (χ1n) is 6.01. The summed E-state index contributed by atoms with van der Waals surface area (Å²) in [5.74, 6) is 2.92. The first-order chi connectivity index (χ1) is 9.23. The molecule has 2 aromatic rings. The van der Waals surface area contributed by atoms with Gasteiger partial charge >= 0.3 is 0 Å². The third kappa shape index (κ3) is 2.21. The van der Waals surface area contributed by atoms with Crippen LogP contribution in [0.5, 0.6) is 5.75 Å². The first kappa shape index (κ1) is 12.5. The molecule has 2 heterocycles. The zero-order valence-electron chi connectivity index (χ0n) is 10.5. The van der Waals surface area contributed by atoms with E-state index in [1.54, 1.807) is 18.9 Å². The van der Waals surface area contributed by atoms with E-state index in [9.17, 15) is 5.11 Å². The molecule has 0 spiro atoms. The van der Waals surface area contributed by atoms with E-state index in [1.165, 1.54) is 0 Å². The van der Waals surface area contributed by atoms with Crippen molar-refractivity contribution in [3.63, 3.8) is 0 Å². The second-order valence-electron chi connectivity index (χ2n) is 4.46. The van der Waals surface area contributed by atoms with Crippen molar-refractivity contribution < 1.29 is 14.4 Å². The number of thioether (sulfide) groups is 1. The monoisotopic (exact) mass is 278 g/mol. The van der Waals surface area contributed by atoms with Crippen molar-refractivity contribution in [3.05, 3.63) is 30.2 Å². The molecule has 1 unspecified atom stereocenters. The van der Waals surface area contributed by atoms with Gasteiger partial charge in [0, 0.05) is 5.75 Å². The van der Waals surface area contributed by atoms with Gasteiger partial charge < -0.3 is 14.4 Å². The fourth-order valence-corrected chi connectivity index (χ4v) is 3.31. The van der Waals surface area contributed by atoms with E-state index < -0.39 is 5.60 Å². The molecular weight excluding hydrogens is 264 g/mol. The van der Waals surface area contributed by atoms with Gasteiger partial charge in [-0.05, 0) is 24.3 Å². The van der Waals surface area contributed by atoms with Crippen molar-refractivity contribution in [2.75, 3.05) is 18.6 Å². The Labute approximate surface area is 115 Å². The summed E-state index contributed by atoms with van der Waals surface area (Å²) in [5, 5.41) is 14.4. The summed E-state index contributed by atoms with van der Waals surface area (Å²) in [7, 11) is 1.60. The molecule has 1 aromatic heterocycles. The molecule has 6 heteroatoms. The minimum Gasteiger partial charge on any atom is -0.496 e. The van der Waals surface area contributed by atoms with Gasteiger partial charge in [0.05, 0.1) is 12.7 Å². The molecule has 0 saturated carbocycles. The maximum atomic E-state index is 10.4. The van der Waals surface area contributed by atoms with Gasteiger partial charge in [-0.3, -0.25) is 0 Å². The van der Waals surface area contributed by atoms with Crippen LogP contribution in [0.4, 0.5) is 0 Å². The average molecular weight is 278 g/mol. The molecule has 1 fully saturated rings. The lowest BCUT2D eigenvalue weighted by atomic mass is 10.0. The largest absolute Gasteiger partial charge is 0.496 e. The summed E-state index contributed by atoms with van der Waals surface area (Å²) in [5.41, 5.74) is -0.230. The van der Waals surface area contributed by atoms with E-state index in [1.807, 2.05) is 24.3 Å². The molecule has 1 atom stereocenters. The summed E-state index contributed by atoms with van der Waals surface area (Å²) in [6, 6.07) is 7.46. The van der Waals surface area contributed by atoms with E-state index in [0.717, 1.165) is 11.3 Å². The molecule has 0 radical (unpaired) electrons. The number of nitrogens with zero attached hydrogens (tertiary/aromatic N) is 2. The number of hydrogen-bond acceptors (Lipinski definition) is 6. The average Bonchev–Trinajstić information content (AvgIpc) is 3.08. The molecule has 1 N–H and O–H groups in total. The van der Waals surface area contributed by atoms with Gasteiger partial charge in [-0.15, -0.1) is 0 Å². The van der Waals surface area contributed by atoms with Crippen LogP contribution in [0.15, 0.2) is 28.8 Å². The minimum atomic E-state index is -0.988. The molecular formula is C13H14N2O3S. The summed E-state index contributed by atoms with van der Waals surface area (Å²) >= 11 is 1.69. The number of para-hydroxylation sites is 1. The zero-order valence-corrected chi connectivity index (χ0v) is 11.3. The predicted molar refractivity (Wildman–Crippen MR) is 72.1 cm³/mol. The highest BCUT2D eigenvalue weighted by molar-refractivity contribution is 7.99. The van der Waals surface area contributed by atoms with E-state index in [-0.39, 0.29) is 0 Å². The van der Waals surface area contributed by atoms with Crippen LogP contribution in [-0.2, 0) is 5.60 Å². The maximum Gasteiger partial charge on any atom is 0.259 e. The fraction of sp³-hybridized carbons (Fsp3) is 0.385. The van der Waals surface area contributed by atoms with Crippen LogP contribution in [0.2, 0.25) is 0 Å². The number of aliphatic hydroxyl groups is 1. The Balaban J connectivity index is 1.97. The molecule has 100 valence electrons. The SMILES string of the molecule is COc1ccccc1-c1noc(C2(O)CCSC2)n1. The molecule has 1 aliphatic rings. The highest BCUT2D eigenvalue weighted by atomic mass is 32.2. The van der Waals surface area contributed by atoms with Crippen molar-refractivity contribution >= 4 is 11.8 Å². The quantitative estimate of drug-likeness (QED) is 0.927. The third-order valence-electron chi connectivity index (χ3n) is 3.17. The summed E-state index contributed by atoms with van der Waals surface area (Å²) in [6.45, 7) is 0. The molecule has 0 aliphatic carbocycles. The van der Waals surface area contributed by atoms with Crippen LogP contribution in [0.3, 0.4) is 0 Å². The van der Waals surface area contributed by atoms with Gasteiger partial charge in [0.2, 0.25) is 5.82 Å². The minimum absolute atomic E-state index is 0.290.